The molecule has 0 bridgehead atoms. The Morgan fingerprint density at radius 2 is 1.81 bits per heavy atom. The highest BCUT2D eigenvalue weighted by Gasteiger charge is 2.32. The average molecular weight is 435 g/mol. The predicted molar refractivity (Wildman–Crippen MR) is 115 cm³/mol. The van der Waals surface area contributed by atoms with Crippen LogP contribution in [0.15, 0.2) is 47.6 Å². The number of azide groups is 1. The van der Waals surface area contributed by atoms with E-state index in [0.29, 0.717) is 54.9 Å². The van der Waals surface area contributed by atoms with Gasteiger partial charge in [0.2, 0.25) is 5.91 Å². The summed E-state index contributed by atoms with van der Waals surface area (Å²) < 4.78 is 13.1. The van der Waals surface area contributed by atoms with Crippen molar-refractivity contribution < 1.29 is 18.8 Å². The molecule has 2 amide bonds. The molecule has 1 fully saturated rings. The van der Waals surface area contributed by atoms with Crippen LogP contribution in [0.25, 0.3) is 10.4 Å². The first-order chi connectivity index (χ1) is 15.5. The van der Waals surface area contributed by atoms with Gasteiger partial charge in [-0.1, -0.05) is 17.2 Å². The van der Waals surface area contributed by atoms with Crippen LogP contribution in [0.4, 0.5) is 10.1 Å². The van der Waals surface area contributed by atoms with Gasteiger partial charge in [0, 0.05) is 40.7 Å². The second-order valence-corrected chi connectivity index (χ2v) is 8.05. The lowest BCUT2D eigenvalue weighted by Gasteiger charge is -2.33. The maximum Gasteiger partial charge on any atom is 0.260 e. The van der Waals surface area contributed by atoms with Gasteiger partial charge < -0.3 is 4.90 Å². The molecule has 32 heavy (non-hydrogen) atoms. The lowest BCUT2D eigenvalue weighted by molar-refractivity contribution is -0.128. The molecule has 2 aromatic rings. The molecule has 0 N–H and O–H groups in total. The number of carbonyl (C=O) groups is 3. The first-order valence-electron chi connectivity index (χ1n) is 10.5. The van der Waals surface area contributed by atoms with Crippen molar-refractivity contribution in [2.75, 3.05) is 26.2 Å². The number of fused-ring (bicyclic) bond motifs is 1. The van der Waals surface area contributed by atoms with Crippen LogP contribution in [-0.2, 0) is 11.2 Å². The molecule has 0 unspecified atom stereocenters. The molecular formula is C23H22FN5O3. The summed E-state index contributed by atoms with van der Waals surface area (Å²) in [6.07, 6.45) is 1.48. The van der Waals surface area contributed by atoms with Gasteiger partial charge >= 0.3 is 0 Å². The highest BCUT2D eigenvalue weighted by molar-refractivity contribution is 6.10. The summed E-state index contributed by atoms with van der Waals surface area (Å²) >= 11 is 0. The third kappa shape index (κ3) is 4.54. The molecule has 2 aliphatic heterocycles. The van der Waals surface area contributed by atoms with Gasteiger partial charge in [0.25, 0.3) is 5.91 Å². The SMILES string of the molecule is [N-]=[N+]=Nc1ccc2c(c1)C(=O)N(CCN1CCC(C(=O)c3ccc(F)cc3)CC1)C(=O)C2. The summed E-state index contributed by atoms with van der Waals surface area (Å²) in [5.41, 5.74) is 10.5. The van der Waals surface area contributed by atoms with Crippen LogP contribution in [0.2, 0.25) is 0 Å². The molecule has 2 aromatic carbocycles. The smallest absolute Gasteiger partial charge is 0.260 e. The Balaban J connectivity index is 1.33. The second kappa shape index (κ2) is 9.30. The second-order valence-electron chi connectivity index (χ2n) is 8.05. The van der Waals surface area contributed by atoms with Crippen molar-refractivity contribution in [2.24, 2.45) is 11.0 Å². The predicted octanol–water partition coefficient (Wildman–Crippen LogP) is 3.89. The maximum absolute atomic E-state index is 13.1. The number of hydrogen-bond acceptors (Lipinski definition) is 5. The zero-order chi connectivity index (χ0) is 22.7. The van der Waals surface area contributed by atoms with Crippen LogP contribution in [0, 0.1) is 11.7 Å². The highest BCUT2D eigenvalue weighted by Crippen LogP contribution is 2.26. The zero-order valence-electron chi connectivity index (χ0n) is 17.4. The van der Waals surface area contributed by atoms with Gasteiger partial charge in [-0.3, -0.25) is 19.3 Å². The topological polar surface area (TPSA) is 106 Å². The molecule has 0 radical (unpaired) electrons. The molecular weight excluding hydrogens is 413 g/mol. The first kappa shape index (κ1) is 21.7. The third-order valence-corrected chi connectivity index (χ3v) is 6.10. The highest BCUT2D eigenvalue weighted by atomic mass is 19.1. The number of hydrogen-bond donors (Lipinski definition) is 0. The minimum absolute atomic E-state index is 0.0264. The summed E-state index contributed by atoms with van der Waals surface area (Å²) in [6.45, 7) is 2.16. The summed E-state index contributed by atoms with van der Waals surface area (Å²) in [5, 5.41) is 3.53. The molecule has 2 heterocycles. The number of amides is 2. The van der Waals surface area contributed by atoms with Crippen molar-refractivity contribution in [2.45, 2.75) is 19.3 Å². The van der Waals surface area contributed by atoms with Gasteiger partial charge in [-0.15, -0.1) is 0 Å². The molecule has 164 valence electrons. The van der Waals surface area contributed by atoms with E-state index >= 15 is 0 Å². The van der Waals surface area contributed by atoms with Gasteiger partial charge in [0.1, 0.15) is 5.82 Å². The number of carbonyl (C=O) groups excluding carboxylic acids is 3. The Labute approximate surface area is 184 Å². The van der Waals surface area contributed by atoms with Crippen molar-refractivity contribution in [1.29, 1.82) is 0 Å². The Kier molecular flexibility index (Phi) is 6.30. The van der Waals surface area contributed by atoms with Gasteiger partial charge in [0.05, 0.1) is 6.42 Å². The van der Waals surface area contributed by atoms with Crippen molar-refractivity contribution in [3.63, 3.8) is 0 Å². The van der Waals surface area contributed by atoms with E-state index in [4.69, 9.17) is 5.53 Å². The monoisotopic (exact) mass is 435 g/mol. The van der Waals surface area contributed by atoms with Crippen molar-refractivity contribution in [1.82, 2.24) is 9.80 Å². The van der Waals surface area contributed by atoms with E-state index in [1.54, 1.807) is 12.1 Å². The number of nitrogens with zero attached hydrogens (tertiary/aromatic N) is 5. The number of piperidine rings is 1. The van der Waals surface area contributed by atoms with Crippen LogP contribution in [0.5, 0.6) is 0 Å². The quantitative estimate of drug-likeness (QED) is 0.226. The fraction of sp³-hybridized carbons (Fsp3) is 0.348. The van der Waals surface area contributed by atoms with Gasteiger partial charge in [-0.05, 0) is 67.4 Å². The molecule has 0 atom stereocenters. The van der Waals surface area contributed by atoms with E-state index in [1.165, 1.54) is 35.2 Å². The number of likely N-dealkylation sites (tertiary alicyclic amines) is 1. The van der Waals surface area contributed by atoms with Crippen molar-refractivity contribution >= 4 is 23.3 Å². The lowest BCUT2D eigenvalue weighted by atomic mass is 9.89. The summed E-state index contributed by atoms with van der Waals surface area (Å²) in [5.74, 6) is -1.08. The van der Waals surface area contributed by atoms with E-state index in [0.717, 1.165) is 0 Å². The molecule has 1 saturated heterocycles. The Morgan fingerprint density at radius 3 is 2.50 bits per heavy atom. The number of halogens is 1. The van der Waals surface area contributed by atoms with E-state index in [2.05, 4.69) is 14.9 Å². The van der Waals surface area contributed by atoms with E-state index in [1.807, 2.05) is 0 Å². The van der Waals surface area contributed by atoms with Gasteiger partial charge in [-0.25, -0.2) is 4.39 Å². The van der Waals surface area contributed by atoms with E-state index < -0.39 is 0 Å². The molecule has 0 aliphatic carbocycles. The largest absolute Gasteiger partial charge is 0.302 e. The molecule has 0 aromatic heterocycles. The lowest BCUT2D eigenvalue weighted by Crippen LogP contribution is -2.47. The molecule has 0 spiro atoms. The molecule has 4 rings (SSSR count). The van der Waals surface area contributed by atoms with Gasteiger partial charge in [0.15, 0.2) is 5.78 Å². The fourth-order valence-corrected chi connectivity index (χ4v) is 4.28. The normalized spacial score (nSPS) is 17.1. The molecule has 0 saturated carbocycles. The minimum atomic E-state index is -0.382. The van der Waals surface area contributed by atoms with Gasteiger partial charge in [-0.2, -0.15) is 0 Å². The number of rotatable bonds is 6. The van der Waals surface area contributed by atoms with E-state index in [9.17, 15) is 18.8 Å². The molecule has 9 heteroatoms. The minimum Gasteiger partial charge on any atom is -0.302 e. The molecule has 2 aliphatic rings. The van der Waals surface area contributed by atoms with Crippen LogP contribution in [0.3, 0.4) is 0 Å². The summed E-state index contributed by atoms with van der Waals surface area (Å²) in [6, 6.07) is 10.4. The Bertz CT molecular complexity index is 1100. The number of Topliss-reactive ketones (excluding diaryl/α,β-unsaturated/α-hetero) is 1. The zero-order valence-corrected chi connectivity index (χ0v) is 17.4. The summed E-state index contributed by atoms with van der Waals surface area (Å²) in [4.78, 5) is 44.1. The number of benzene rings is 2. The Hall–Kier alpha value is -3.55. The first-order valence-corrected chi connectivity index (χ1v) is 10.5. The van der Waals surface area contributed by atoms with E-state index in [-0.39, 0.29) is 42.3 Å². The number of ketones is 1. The number of imide groups is 1. The summed E-state index contributed by atoms with van der Waals surface area (Å²) in [7, 11) is 0. The Morgan fingerprint density at radius 1 is 1.09 bits per heavy atom. The third-order valence-electron chi connectivity index (χ3n) is 6.10. The fourth-order valence-electron chi connectivity index (χ4n) is 4.28. The van der Waals surface area contributed by atoms with Crippen LogP contribution in [0.1, 0.15) is 39.1 Å². The standard InChI is InChI=1S/C23H22FN5O3/c24-18-4-1-15(2-5-18)22(31)16-7-9-28(10-8-16)11-12-29-21(30)13-17-3-6-19(26-27-25)14-20(17)23(29)32/h1-6,14,16H,7-13H2. The average Bonchev–Trinajstić information content (AvgIpc) is 2.80. The van der Waals surface area contributed by atoms with Crippen molar-refractivity contribution in [3.05, 3.63) is 75.4 Å². The molecule has 8 nitrogen and oxygen atoms in total. The van der Waals surface area contributed by atoms with Crippen LogP contribution < -0.4 is 0 Å². The van der Waals surface area contributed by atoms with Crippen LogP contribution in [-0.4, -0.2) is 53.6 Å². The van der Waals surface area contributed by atoms with Crippen LogP contribution >= 0.6 is 0 Å². The maximum atomic E-state index is 13.1. The van der Waals surface area contributed by atoms with Crippen molar-refractivity contribution in [3.8, 4) is 0 Å².